The van der Waals surface area contributed by atoms with Gasteiger partial charge in [-0.1, -0.05) is 18.5 Å². The highest BCUT2D eigenvalue weighted by molar-refractivity contribution is 6.29. The molecule has 1 aromatic rings. The summed E-state index contributed by atoms with van der Waals surface area (Å²) in [4.78, 5) is 6.42. The maximum atomic E-state index is 12.4. The van der Waals surface area contributed by atoms with Crippen LogP contribution in [0, 0.1) is 0 Å². The molecule has 18 heavy (non-hydrogen) atoms. The molecular weight excluding hydrogens is 271 g/mol. The second-order valence-corrected chi connectivity index (χ2v) is 4.06. The van der Waals surface area contributed by atoms with Gasteiger partial charge in [0.15, 0.2) is 0 Å². The molecule has 4 nitrogen and oxygen atoms in total. The van der Waals surface area contributed by atoms with E-state index in [0.717, 1.165) is 0 Å². The highest BCUT2D eigenvalue weighted by Crippen LogP contribution is 2.28. The Hall–Kier alpha value is -1.08. The molecular formula is C10H13ClF3N3O. The Morgan fingerprint density at radius 3 is 2.67 bits per heavy atom. The van der Waals surface area contributed by atoms with Gasteiger partial charge < -0.3 is 10.4 Å². The van der Waals surface area contributed by atoms with Gasteiger partial charge in [-0.05, 0) is 12.8 Å². The number of aromatic nitrogens is 2. The number of hydrogen-bond donors (Lipinski definition) is 2. The molecule has 1 atom stereocenters. The zero-order chi connectivity index (χ0) is 13.8. The van der Waals surface area contributed by atoms with Crippen LogP contribution < -0.4 is 5.32 Å². The Kier molecular flexibility index (Phi) is 5.15. The van der Waals surface area contributed by atoms with Gasteiger partial charge in [0.25, 0.3) is 0 Å². The van der Waals surface area contributed by atoms with Crippen LogP contribution in [0.4, 0.5) is 19.0 Å². The van der Waals surface area contributed by atoms with E-state index in [1.807, 2.05) is 6.92 Å². The topological polar surface area (TPSA) is 58.0 Å². The summed E-state index contributed by atoms with van der Waals surface area (Å²) in [6.45, 7) is 2.12. The Labute approximate surface area is 107 Å². The van der Waals surface area contributed by atoms with Crippen molar-refractivity contribution < 1.29 is 18.3 Å². The normalized spacial score (nSPS) is 13.4. The third kappa shape index (κ3) is 4.66. The van der Waals surface area contributed by atoms with Crippen LogP contribution in [0.5, 0.6) is 0 Å². The van der Waals surface area contributed by atoms with Crippen LogP contribution in [0.3, 0.4) is 0 Å². The van der Waals surface area contributed by atoms with Crippen LogP contribution in [0.1, 0.15) is 25.6 Å². The highest BCUT2D eigenvalue weighted by atomic mass is 35.5. The van der Waals surface area contributed by atoms with Gasteiger partial charge in [0.2, 0.25) is 5.82 Å². The van der Waals surface area contributed by atoms with Gasteiger partial charge in [-0.3, -0.25) is 0 Å². The molecule has 0 saturated carbocycles. The van der Waals surface area contributed by atoms with Gasteiger partial charge in [-0.25, -0.2) is 9.97 Å². The van der Waals surface area contributed by atoms with Crippen LogP contribution in [0.2, 0.25) is 5.15 Å². The van der Waals surface area contributed by atoms with Gasteiger partial charge in [-0.15, -0.1) is 0 Å². The fourth-order valence-corrected chi connectivity index (χ4v) is 1.39. The predicted molar refractivity (Wildman–Crippen MR) is 61.4 cm³/mol. The molecule has 102 valence electrons. The molecule has 0 aliphatic rings. The second kappa shape index (κ2) is 6.19. The third-order valence-corrected chi connectivity index (χ3v) is 2.40. The largest absolute Gasteiger partial charge is 0.451 e. The number of hydrogen-bond acceptors (Lipinski definition) is 4. The van der Waals surface area contributed by atoms with Gasteiger partial charge in [0.05, 0.1) is 6.10 Å². The highest BCUT2D eigenvalue weighted by Gasteiger charge is 2.35. The van der Waals surface area contributed by atoms with E-state index in [2.05, 4.69) is 15.3 Å². The lowest BCUT2D eigenvalue weighted by atomic mass is 10.2. The number of rotatable bonds is 5. The van der Waals surface area contributed by atoms with E-state index in [9.17, 15) is 18.3 Å². The molecule has 1 aromatic heterocycles. The summed E-state index contributed by atoms with van der Waals surface area (Å²) in [5.41, 5.74) is 0. The van der Waals surface area contributed by atoms with Gasteiger partial charge in [-0.2, -0.15) is 13.2 Å². The fraction of sp³-hybridized carbons (Fsp3) is 0.600. The number of alkyl halides is 3. The smallest absolute Gasteiger partial charge is 0.393 e. The molecule has 8 heteroatoms. The van der Waals surface area contributed by atoms with Gasteiger partial charge in [0.1, 0.15) is 11.0 Å². The van der Waals surface area contributed by atoms with E-state index in [1.54, 1.807) is 0 Å². The molecule has 1 rings (SSSR count). The maximum absolute atomic E-state index is 12.4. The van der Waals surface area contributed by atoms with Crippen molar-refractivity contribution in [1.29, 1.82) is 0 Å². The van der Waals surface area contributed by atoms with Crippen molar-refractivity contribution in [3.63, 3.8) is 0 Å². The van der Waals surface area contributed by atoms with Crippen LogP contribution in [0.15, 0.2) is 6.07 Å². The molecule has 0 spiro atoms. The summed E-state index contributed by atoms with van der Waals surface area (Å²) in [6, 6.07) is 1.20. The number of anilines is 1. The number of nitrogens with one attached hydrogen (secondary N) is 1. The molecule has 0 amide bonds. The van der Waals surface area contributed by atoms with Crippen LogP contribution >= 0.6 is 11.6 Å². The summed E-state index contributed by atoms with van der Waals surface area (Å²) >= 11 is 5.48. The van der Waals surface area contributed by atoms with Crippen molar-refractivity contribution in [3.05, 3.63) is 17.0 Å². The van der Waals surface area contributed by atoms with Crippen LogP contribution in [-0.4, -0.2) is 27.7 Å². The number of aliphatic hydroxyl groups excluding tert-OH is 1. The Balaban J connectivity index is 2.69. The summed E-state index contributed by atoms with van der Waals surface area (Å²) in [7, 11) is 0. The molecule has 2 N–H and O–H groups in total. The van der Waals surface area contributed by atoms with Crippen molar-refractivity contribution in [2.45, 2.75) is 32.0 Å². The summed E-state index contributed by atoms with van der Waals surface area (Å²) in [5.74, 6) is -1.29. The SMILES string of the molecule is CCC(O)CCNc1cc(Cl)nc(C(F)(F)F)n1. The van der Waals surface area contributed by atoms with Crippen molar-refractivity contribution in [2.75, 3.05) is 11.9 Å². The average Bonchev–Trinajstić information content (AvgIpc) is 2.27. The van der Waals surface area contributed by atoms with Crippen molar-refractivity contribution >= 4 is 17.4 Å². The summed E-state index contributed by atoms with van der Waals surface area (Å²) in [5, 5.41) is 11.7. The fourth-order valence-electron chi connectivity index (χ4n) is 1.21. The minimum Gasteiger partial charge on any atom is -0.393 e. The van der Waals surface area contributed by atoms with Crippen molar-refractivity contribution in [2.24, 2.45) is 0 Å². The standard InChI is InChI=1S/C10H13ClF3N3O/c1-2-6(18)3-4-15-8-5-7(11)16-9(17-8)10(12,13)14/h5-6,18H,2-4H2,1H3,(H,15,16,17). The first-order chi connectivity index (χ1) is 8.32. The predicted octanol–water partition coefficient (Wildman–Crippen LogP) is 2.72. The van der Waals surface area contributed by atoms with E-state index >= 15 is 0 Å². The first-order valence-corrected chi connectivity index (χ1v) is 5.74. The molecule has 0 aliphatic carbocycles. The number of aliphatic hydroxyl groups is 1. The van der Waals surface area contributed by atoms with E-state index in [4.69, 9.17) is 11.6 Å². The van der Waals surface area contributed by atoms with Gasteiger partial charge >= 0.3 is 6.18 Å². The first-order valence-electron chi connectivity index (χ1n) is 5.36. The van der Waals surface area contributed by atoms with E-state index in [0.29, 0.717) is 19.4 Å². The van der Waals surface area contributed by atoms with Crippen LogP contribution in [-0.2, 0) is 6.18 Å². The molecule has 0 bridgehead atoms. The Morgan fingerprint density at radius 2 is 2.11 bits per heavy atom. The molecule has 1 unspecified atom stereocenters. The minimum absolute atomic E-state index is 0.00868. The molecule has 0 aromatic carbocycles. The van der Waals surface area contributed by atoms with E-state index < -0.39 is 18.1 Å². The zero-order valence-corrected chi connectivity index (χ0v) is 10.4. The van der Waals surface area contributed by atoms with E-state index in [-0.39, 0.29) is 11.0 Å². The zero-order valence-electron chi connectivity index (χ0n) is 9.63. The Bertz CT molecular complexity index is 400. The molecule has 0 aliphatic heterocycles. The third-order valence-electron chi connectivity index (χ3n) is 2.20. The van der Waals surface area contributed by atoms with Crippen molar-refractivity contribution in [3.8, 4) is 0 Å². The lowest BCUT2D eigenvalue weighted by molar-refractivity contribution is -0.144. The van der Waals surface area contributed by atoms with Crippen LogP contribution in [0.25, 0.3) is 0 Å². The lowest BCUT2D eigenvalue weighted by Crippen LogP contribution is -2.16. The van der Waals surface area contributed by atoms with E-state index in [1.165, 1.54) is 6.07 Å². The van der Waals surface area contributed by atoms with Gasteiger partial charge in [0, 0.05) is 12.6 Å². The Morgan fingerprint density at radius 1 is 1.44 bits per heavy atom. The molecule has 1 heterocycles. The maximum Gasteiger partial charge on any atom is 0.451 e. The number of nitrogens with zero attached hydrogens (tertiary/aromatic N) is 2. The minimum atomic E-state index is -4.63. The lowest BCUT2D eigenvalue weighted by Gasteiger charge is -2.11. The van der Waals surface area contributed by atoms with Crippen molar-refractivity contribution in [1.82, 2.24) is 9.97 Å². The quantitative estimate of drug-likeness (QED) is 0.816. The summed E-state index contributed by atoms with van der Waals surface area (Å²) in [6.07, 6.45) is -4.12. The average molecular weight is 284 g/mol. The molecule has 0 fully saturated rings. The number of halogens is 4. The first kappa shape index (κ1) is 15.0. The molecule has 0 radical (unpaired) electrons. The molecule has 0 saturated heterocycles. The second-order valence-electron chi connectivity index (χ2n) is 3.67. The summed E-state index contributed by atoms with van der Waals surface area (Å²) < 4.78 is 37.2. The monoisotopic (exact) mass is 283 g/mol.